The summed E-state index contributed by atoms with van der Waals surface area (Å²) in [6, 6.07) is 11.3. The first kappa shape index (κ1) is 22.0. The fourth-order valence-electron chi connectivity index (χ4n) is 4.96. The second-order valence-corrected chi connectivity index (χ2v) is 9.37. The van der Waals surface area contributed by atoms with Crippen molar-refractivity contribution in [2.24, 2.45) is 5.92 Å². The Kier molecular flexibility index (Phi) is 6.13. The van der Waals surface area contributed by atoms with Crippen molar-refractivity contribution in [3.8, 4) is 0 Å². The molecule has 3 atom stereocenters. The Hall–Kier alpha value is -2.83. The van der Waals surface area contributed by atoms with Crippen LogP contribution < -0.4 is 10.6 Å². The van der Waals surface area contributed by atoms with Gasteiger partial charge in [-0.1, -0.05) is 35.9 Å². The van der Waals surface area contributed by atoms with Crippen molar-refractivity contribution in [1.82, 2.24) is 10.6 Å². The summed E-state index contributed by atoms with van der Waals surface area (Å²) in [4.78, 5) is 26.0. The van der Waals surface area contributed by atoms with Crippen molar-refractivity contribution in [3.05, 3.63) is 69.9 Å². The molecule has 1 fully saturated rings. The van der Waals surface area contributed by atoms with Crippen molar-refractivity contribution in [3.63, 3.8) is 0 Å². The molecule has 0 bridgehead atoms. The Balaban J connectivity index is 1.31. The van der Waals surface area contributed by atoms with Gasteiger partial charge in [0.2, 0.25) is 11.8 Å². The first-order valence-corrected chi connectivity index (χ1v) is 11.8. The molecule has 5 rings (SSSR count). The van der Waals surface area contributed by atoms with Crippen LogP contribution in [0.4, 0.5) is 0 Å². The van der Waals surface area contributed by atoms with Gasteiger partial charge in [-0.3, -0.25) is 9.59 Å². The molecule has 1 unspecified atom stereocenters. The quantitative estimate of drug-likeness (QED) is 0.588. The van der Waals surface area contributed by atoms with Crippen molar-refractivity contribution < 1.29 is 18.7 Å². The molecule has 172 valence electrons. The molecule has 33 heavy (non-hydrogen) atoms. The van der Waals surface area contributed by atoms with E-state index in [4.69, 9.17) is 20.8 Å². The number of benzene rings is 2. The van der Waals surface area contributed by atoms with Gasteiger partial charge in [0, 0.05) is 28.1 Å². The molecule has 3 aromatic rings. The van der Waals surface area contributed by atoms with Crippen LogP contribution in [0.3, 0.4) is 0 Å². The van der Waals surface area contributed by atoms with E-state index in [1.165, 1.54) is 0 Å². The Labute approximate surface area is 197 Å². The number of carbonyl (C=O) groups excluding carboxylic acids is 2. The Morgan fingerprint density at radius 3 is 2.82 bits per heavy atom. The molecule has 7 heteroatoms. The molecule has 2 N–H and O–H groups in total. The molecule has 6 nitrogen and oxygen atoms in total. The molecule has 0 spiro atoms. The highest BCUT2D eigenvalue weighted by Crippen LogP contribution is 2.33. The lowest BCUT2D eigenvalue weighted by Gasteiger charge is -2.27. The molecule has 0 radical (unpaired) electrons. The molecule has 1 saturated heterocycles. The molecule has 1 aromatic heterocycles. The third-order valence-corrected chi connectivity index (χ3v) is 7.17. The largest absolute Gasteiger partial charge is 0.464 e. The van der Waals surface area contributed by atoms with Crippen molar-refractivity contribution in [2.45, 2.75) is 44.7 Å². The number of halogens is 1. The number of nitrogens with one attached hydrogen (secondary N) is 2. The Bertz CT molecular complexity index is 1200. The predicted molar refractivity (Wildman–Crippen MR) is 126 cm³/mol. The number of aryl methyl sites for hydroxylation is 1. The van der Waals surface area contributed by atoms with Gasteiger partial charge in [-0.25, -0.2) is 0 Å². The number of amides is 2. The first-order chi connectivity index (χ1) is 16.0. The van der Waals surface area contributed by atoms with E-state index >= 15 is 0 Å². The molecule has 1 aliphatic heterocycles. The molecule has 2 amide bonds. The van der Waals surface area contributed by atoms with Gasteiger partial charge in [0.15, 0.2) is 0 Å². The van der Waals surface area contributed by atoms with Gasteiger partial charge in [0.25, 0.3) is 0 Å². The lowest BCUT2D eigenvalue weighted by molar-refractivity contribution is -0.130. The van der Waals surface area contributed by atoms with Crippen LogP contribution in [0.2, 0.25) is 5.02 Å². The van der Waals surface area contributed by atoms with Gasteiger partial charge >= 0.3 is 0 Å². The summed E-state index contributed by atoms with van der Waals surface area (Å²) in [5.41, 5.74) is 4.59. The van der Waals surface area contributed by atoms with E-state index in [0.717, 1.165) is 40.5 Å². The van der Waals surface area contributed by atoms with Gasteiger partial charge < -0.3 is 19.8 Å². The summed E-state index contributed by atoms with van der Waals surface area (Å²) in [7, 11) is 0. The minimum Gasteiger partial charge on any atom is -0.464 e. The van der Waals surface area contributed by atoms with Gasteiger partial charge in [-0.05, 0) is 49.4 Å². The molecule has 2 aromatic carbocycles. The van der Waals surface area contributed by atoms with Crippen molar-refractivity contribution >= 4 is 34.4 Å². The average molecular weight is 467 g/mol. The topological polar surface area (TPSA) is 80.6 Å². The van der Waals surface area contributed by atoms with Crippen molar-refractivity contribution in [2.75, 3.05) is 13.2 Å². The second-order valence-electron chi connectivity index (χ2n) is 8.96. The van der Waals surface area contributed by atoms with Gasteiger partial charge in [0.05, 0.1) is 37.3 Å². The van der Waals surface area contributed by atoms with E-state index in [2.05, 4.69) is 16.7 Å². The standard InChI is InChI=1S/C26H27ClN2O4/c1-15-21(27)9-8-20-18(14-33-25(15)20)12-23(30)28-22-11-16-5-2-3-7-19(16)24(22)29-26(31)17-6-4-10-32-13-17/h2-3,5,7-9,14,17,22,24H,4,6,10-13H2,1H3,(H,28,30)(H,29,31)/t17?,22-,24-/m1/s1. The van der Waals surface area contributed by atoms with Crippen LogP contribution in [0.15, 0.2) is 47.1 Å². The van der Waals surface area contributed by atoms with Crippen LogP contribution in [0.5, 0.6) is 0 Å². The number of furan rings is 1. The van der Waals surface area contributed by atoms with Gasteiger partial charge in [-0.2, -0.15) is 0 Å². The highest BCUT2D eigenvalue weighted by atomic mass is 35.5. The van der Waals surface area contributed by atoms with Crippen LogP contribution >= 0.6 is 11.6 Å². The SMILES string of the molecule is Cc1c(Cl)ccc2c(CC(=O)N[C@@H]3Cc4ccccc4[C@H]3NC(=O)C3CCCOC3)coc12. The third-order valence-electron chi connectivity index (χ3n) is 6.76. The fraction of sp³-hybridized carbons (Fsp3) is 0.385. The zero-order chi connectivity index (χ0) is 22.9. The van der Waals surface area contributed by atoms with E-state index < -0.39 is 0 Å². The van der Waals surface area contributed by atoms with Crippen molar-refractivity contribution in [1.29, 1.82) is 0 Å². The Morgan fingerprint density at radius 2 is 2.00 bits per heavy atom. The fourth-order valence-corrected chi connectivity index (χ4v) is 5.11. The van der Waals surface area contributed by atoms with E-state index in [1.54, 1.807) is 6.26 Å². The lowest BCUT2D eigenvalue weighted by Crippen LogP contribution is -2.47. The average Bonchev–Trinajstić information content (AvgIpc) is 3.38. The van der Waals surface area contributed by atoms with Crippen LogP contribution in [-0.2, 0) is 27.2 Å². The first-order valence-electron chi connectivity index (χ1n) is 11.4. The number of hydrogen-bond acceptors (Lipinski definition) is 4. The maximum absolute atomic E-state index is 13.0. The van der Waals surface area contributed by atoms with Crippen LogP contribution in [-0.4, -0.2) is 31.1 Å². The number of hydrogen-bond donors (Lipinski definition) is 2. The number of carbonyl (C=O) groups is 2. The zero-order valence-corrected chi connectivity index (χ0v) is 19.3. The minimum atomic E-state index is -0.262. The second kappa shape index (κ2) is 9.20. The minimum absolute atomic E-state index is 0.0103. The highest BCUT2D eigenvalue weighted by molar-refractivity contribution is 6.32. The predicted octanol–water partition coefficient (Wildman–Crippen LogP) is 4.26. The zero-order valence-electron chi connectivity index (χ0n) is 18.5. The summed E-state index contributed by atoms with van der Waals surface area (Å²) in [5.74, 6) is -0.262. The highest BCUT2D eigenvalue weighted by Gasteiger charge is 2.36. The molecule has 0 saturated carbocycles. The molecule has 2 heterocycles. The molecule has 2 aliphatic rings. The lowest BCUT2D eigenvalue weighted by atomic mass is 9.99. The summed E-state index contributed by atoms with van der Waals surface area (Å²) in [5, 5.41) is 7.89. The van der Waals surface area contributed by atoms with Gasteiger partial charge in [0.1, 0.15) is 5.58 Å². The van der Waals surface area contributed by atoms with Crippen LogP contribution in [0, 0.1) is 12.8 Å². The monoisotopic (exact) mass is 466 g/mol. The van der Waals surface area contributed by atoms with E-state index in [0.29, 0.717) is 30.2 Å². The number of fused-ring (bicyclic) bond motifs is 2. The van der Waals surface area contributed by atoms with Crippen LogP contribution in [0.25, 0.3) is 11.0 Å². The summed E-state index contributed by atoms with van der Waals surface area (Å²) in [6.45, 7) is 3.07. The number of ether oxygens (including phenoxy) is 1. The summed E-state index contributed by atoms with van der Waals surface area (Å²) < 4.78 is 11.2. The molecular weight excluding hydrogens is 440 g/mol. The van der Waals surface area contributed by atoms with E-state index in [1.807, 2.05) is 37.3 Å². The summed E-state index contributed by atoms with van der Waals surface area (Å²) >= 11 is 6.19. The maximum Gasteiger partial charge on any atom is 0.225 e. The summed E-state index contributed by atoms with van der Waals surface area (Å²) in [6.07, 6.45) is 4.21. The van der Waals surface area contributed by atoms with E-state index in [9.17, 15) is 9.59 Å². The molecule has 1 aliphatic carbocycles. The van der Waals surface area contributed by atoms with E-state index in [-0.39, 0.29) is 36.2 Å². The Morgan fingerprint density at radius 1 is 1.15 bits per heavy atom. The van der Waals surface area contributed by atoms with Gasteiger partial charge in [-0.15, -0.1) is 0 Å². The maximum atomic E-state index is 13.0. The van der Waals surface area contributed by atoms with Crippen LogP contribution in [0.1, 0.15) is 41.1 Å². The third kappa shape index (κ3) is 4.37. The number of rotatable bonds is 5. The molecular formula is C26H27ClN2O4. The normalized spacial score (nSPS) is 22.2. The smallest absolute Gasteiger partial charge is 0.225 e.